The minimum Gasteiger partial charge on any atom is -0.481 e. The summed E-state index contributed by atoms with van der Waals surface area (Å²) >= 11 is 2.97. The number of aryl methyl sites for hydroxylation is 1. The van der Waals surface area contributed by atoms with Crippen molar-refractivity contribution >= 4 is 29.1 Å². The fraction of sp³-hybridized carbons (Fsp3) is 0.231. The number of hydrogen-bond donors (Lipinski definition) is 1. The maximum Gasteiger partial charge on any atom is 0.309 e. The van der Waals surface area contributed by atoms with Gasteiger partial charge in [0, 0.05) is 11.1 Å². The Kier molecular flexibility index (Phi) is 4.55. The standard InChI is InChI=1S/C13H12FNO2S2/c1-8-4-10(14)3-2-9(8)6-18-13-15-11(7-19-13)5-12(16)17/h2-4,7H,5-6H2,1H3,(H,16,17). The van der Waals surface area contributed by atoms with Gasteiger partial charge in [-0.2, -0.15) is 0 Å². The minimum absolute atomic E-state index is 0.0490. The van der Waals surface area contributed by atoms with Gasteiger partial charge in [-0.3, -0.25) is 4.79 Å². The van der Waals surface area contributed by atoms with Crippen LogP contribution in [0.15, 0.2) is 27.9 Å². The molecule has 3 nitrogen and oxygen atoms in total. The molecule has 1 aromatic carbocycles. The zero-order chi connectivity index (χ0) is 13.8. The lowest BCUT2D eigenvalue weighted by Crippen LogP contribution is -1.99. The Morgan fingerprint density at radius 1 is 1.53 bits per heavy atom. The molecule has 0 aliphatic heterocycles. The molecule has 0 amide bonds. The van der Waals surface area contributed by atoms with Crippen molar-refractivity contribution in [3.05, 3.63) is 46.2 Å². The van der Waals surface area contributed by atoms with E-state index in [1.165, 1.54) is 35.2 Å². The molecule has 0 fully saturated rings. The fourth-order valence-corrected chi connectivity index (χ4v) is 3.47. The van der Waals surface area contributed by atoms with E-state index in [0.717, 1.165) is 15.5 Å². The van der Waals surface area contributed by atoms with E-state index in [4.69, 9.17) is 5.11 Å². The van der Waals surface area contributed by atoms with Gasteiger partial charge < -0.3 is 5.11 Å². The molecule has 6 heteroatoms. The zero-order valence-corrected chi connectivity index (χ0v) is 11.9. The quantitative estimate of drug-likeness (QED) is 0.858. The summed E-state index contributed by atoms with van der Waals surface area (Å²) < 4.78 is 13.8. The number of benzene rings is 1. The maximum atomic E-state index is 13.0. The second-order valence-corrected chi connectivity index (χ2v) is 6.12. The summed E-state index contributed by atoms with van der Waals surface area (Å²) in [5.41, 5.74) is 2.55. The predicted molar refractivity (Wildman–Crippen MR) is 74.2 cm³/mol. The van der Waals surface area contributed by atoms with Crippen LogP contribution in [0.2, 0.25) is 0 Å². The summed E-state index contributed by atoms with van der Waals surface area (Å²) in [5, 5.41) is 10.4. The van der Waals surface area contributed by atoms with Gasteiger partial charge in [-0.15, -0.1) is 11.3 Å². The lowest BCUT2D eigenvalue weighted by molar-refractivity contribution is -0.136. The number of thiazole rings is 1. The first kappa shape index (κ1) is 14.0. The lowest BCUT2D eigenvalue weighted by atomic mass is 10.1. The first-order valence-electron chi connectivity index (χ1n) is 5.58. The molecule has 2 rings (SSSR count). The molecule has 0 bridgehead atoms. The van der Waals surface area contributed by atoms with Gasteiger partial charge in [-0.05, 0) is 30.2 Å². The van der Waals surface area contributed by atoms with Crippen molar-refractivity contribution in [2.45, 2.75) is 23.4 Å². The van der Waals surface area contributed by atoms with Crippen LogP contribution >= 0.6 is 23.1 Å². The number of carboxylic acid groups (broad SMARTS) is 1. The van der Waals surface area contributed by atoms with E-state index in [1.807, 2.05) is 6.92 Å². The number of aromatic nitrogens is 1. The molecule has 0 aliphatic carbocycles. The van der Waals surface area contributed by atoms with Crippen molar-refractivity contribution in [2.24, 2.45) is 0 Å². The lowest BCUT2D eigenvalue weighted by Gasteiger charge is -2.03. The predicted octanol–water partition coefficient (Wildman–Crippen LogP) is 3.51. The van der Waals surface area contributed by atoms with Crippen molar-refractivity contribution in [3.63, 3.8) is 0 Å². The van der Waals surface area contributed by atoms with Gasteiger partial charge in [-0.25, -0.2) is 9.37 Å². The molecule has 0 aliphatic rings. The van der Waals surface area contributed by atoms with Crippen LogP contribution in [0, 0.1) is 12.7 Å². The zero-order valence-electron chi connectivity index (χ0n) is 10.2. The van der Waals surface area contributed by atoms with Gasteiger partial charge in [-0.1, -0.05) is 17.8 Å². The number of carboxylic acids is 1. The van der Waals surface area contributed by atoms with Gasteiger partial charge >= 0.3 is 5.97 Å². The van der Waals surface area contributed by atoms with Crippen LogP contribution in [-0.2, 0) is 17.0 Å². The van der Waals surface area contributed by atoms with Crippen molar-refractivity contribution in [1.29, 1.82) is 0 Å². The van der Waals surface area contributed by atoms with Crippen LogP contribution < -0.4 is 0 Å². The van der Waals surface area contributed by atoms with Crippen molar-refractivity contribution in [3.8, 4) is 0 Å². The summed E-state index contributed by atoms with van der Waals surface area (Å²) in [5.74, 6) is -0.410. The smallest absolute Gasteiger partial charge is 0.309 e. The molecule has 1 aromatic heterocycles. The summed E-state index contributed by atoms with van der Waals surface area (Å²) in [4.78, 5) is 14.8. The van der Waals surface area contributed by atoms with Crippen molar-refractivity contribution in [1.82, 2.24) is 4.98 Å². The van der Waals surface area contributed by atoms with Crippen LogP contribution in [-0.4, -0.2) is 16.1 Å². The van der Waals surface area contributed by atoms with Crippen molar-refractivity contribution < 1.29 is 14.3 Å². The van der Waals surface area contributed by atoms with E-state index in [2.05, 4.69) is 4.98 Å². The Morgan fingerprint density at radius 3 is 3.00 bits per heavy atom. The molecular weight excluding hydrogens is 285 g/mol. The van der Waals surface area contributed by atoms with Crippen LogP contribution in [0.5, 0.6) is 0 Å². The Balaban J connectivity index is 1.98. The third-order valence-electron chi connectivity index (χ3n) is 2.52. The van der Waals surface area contributed by atoms with Gasteiger partial charge in [0.15, 0.2) is 0 Å². The molecule has 0 atom stereocenters. The van der Waals surface area contributed by atoms with Gasteiger partial charge in [0.2, 0.25) is 0 Å². The summed E-state index contributed by atoms with van der Waals surface area (Å²) in [6.45, 7) is 1.87. The number of carbonyl (C=O) groups is 1. The topological polar surface area (TPSA) is 50.2 Å². The van der Waals surface area contributed by atoms with E-state index < -0.39 is 5.97 Å². The highest BCUT2D eigenvalue weighted by Crippen LogP contribution is 2.27. The molecule has 1 heterocycles. The molecule has 0 radical (unpaired) electrons. The van der Waals surface area contributed by atoms with Gasteiger partial charge in [0.05, 0.1) is 12.1 Å². The molecule has 0 unspecified atom stereocenters. The SMILES string of the molecule is Cc1cc(F)ccc1CSc1nc(CC(=O)O)cs1. The number of rotatable bonds is 5. The number of thioether (sulfide) groups is 1. The molecule has 1 N–H and O–H groups in total. The van der Waals surface area contributed by atoms with Crippen molar-refractivity contribution in [2.75, 3.05) is 0 Å². The Labute approximate surface area is 118 Å². The highest BCUT2D eigenvalue weighted by Gasteiger charge is 2.07. The van der Waals surface area contributed by atoms with Crippen LogP contribution in [0.3, 0.4) is 0 Å². The second-order valence-electron chi connectivity index (χ2n) is 4.03. The largest absolute Gasteiger partial charge is 0.481 e. The Bertz CT molecular complexity index is 598. The van der Waals surface area contributed by atoms with Crippen LogP contribution in [0.4, 0.5) is 4.39 Å². The normalized spacial score (nSPS) is 10.6. The summed E-state index contributed by atoms with van der Waals surface area (Å²) in [6, 6.07) is 4.72. The van der Waals surface area contributed by atoms with E-state index in [1.54, 1.807) is 11.4 Å². The average Bonchev–Trinajstić information content (AvgIpc) is 2.74. The van der Waals surface area contributed by atoms with Crippen LogP contribution in [0.1, 0.15) is 16.8 Å². The molecule has 100 valence electrons. The molecule has 0 spiro atoms. The monoisotopic (exact) mass is 297 g/mol. The third-order valence-corrected chi connectivity index (χ3v) is 4.64. The molecule has 19 heavy (non-hydrogen) atoms. The third kappa shape index (κ3) is 4.04. The maximum absolute atomic E-state index is 13.0. The fourth-order valence-electron chi connectivity index (χ4n) is 1.55. The minimum atomic E-state index is -0.878. The number of halogens is 1. The number of hydrogen-bond acceptors (Lipinski definition) is 4. The Morgan fingerprint density at radius 2 is 2.32 bits per heavy atom. The molecule has 0 saturated heterocycles. The summed E-state index contributed by atoms with van der Waals surface area (Å²) in [6.07, 6.45) is -0.0490. The molecule has 0 saturated carbocycles. The highest BCUT2D eigenvalue weighted by molar-refractivity contribution is 8.00. The summed E-state index contributed by atoms with van der Waals surface area (Å²) in [7, 11) is 0. The van der Waals surface area contributed by atoms with E-state index in [9.17, 15) is 9.18 Å². The van der Waals surface area contributed by atoms with Gasteiger partial charge in [0.25, 0.3) is 0 Å². The first-order valence-corrected chi connectivity index (χ1v) is 7.45. The number of aliphatic carboxylic acids is 1. The molecule has 2 aromatic rings. The first-order chi connectivity index (χ1) is 9.04. The van der Waals surface area contributed by atoms with E-state index >= 15 is 0 Å². The van der Waals surface area contributed by atoms with E-state index in [-0.39, 0.29) is 12.2 Å². The van der Waals surface area contributed by atoms with Crippen LogP contribution in [0.25, 0.3) is 0 Å². The molecular formula is C13H12FNO2S2. The number of nitrogens with zero attached hydrogens (tertiary/aromatic N) is 1. The second kappa shape index (κ2) is 6.16. The highest BCUT2D eigenvalue weighted by atomic mass is 32.2. The van der Waals surface area contributed by atoms with Gasteiger partial charge in [0.1, 0.15) is 10.2 Å². The average molecular weight is 297 g/mol. The Hall–Kier alpha value is -1.40. The van der Waals surface area contributed by atoms with E-state index in [0.29, 0.717) is 11.4 Å².